The van der Waals surface area contributed by atoms with Crippen molar-refractivity contribution in [1.29, 1.82) is 0 Å². The van der Waals surface area contributed by atoms with Crippen LogP contribution in [-0.2, 0) is 23.8 Å². The predicted molar refractivity (Wildman–Crippen MR) is 86.1 cm³/mol. The van der Waals surface area contributed by atoms with E-state index in [-0.39, 0.29) is 12.5 Å². The molecule has 0 aromatic carbocycles. The number of amides is 1. The van der Waals surface area contributed by atoms with Gasteiger partial charge in [-0.25, -0.2) is 9.59 Å². The second kappa shape index (κ2) is 6.95. The fraction of sp³-hybridized carbons (Fsp3) is 0.750. The molecule has 0 bridgehead atoms. The number of methoxy groups -OCH3 is 1. The van der Waals surface area contributed by atoms with Crippen LogP contribution >= 0.6 is 46.6 Å². The number of carboxylic acids is 1. The van der Waals surface area contributed by atoms with Gasteiger partial charge in [0.2, 0.25) is 14.6 Å². The van der Waals surface area contributed by atoms with Gasteiger partial charge in [0.25, 0.3) is 0 Å². The van der Waals surface area contributed by atoms with Gasteiger partial charge in [-0.2, -0.15) is 0 Å². The first-order chi connectivity index (χ1) is 11.0. The molecule has 2 unspecified atom stereocenters. The van der Waals surface area contributed by atoms with Crippen molar-refractivity contribution in [3.8, 4) is 0 Å². The molecule has 0 aromatic heterocycles. The van der Waals surface area contributed by atoms with E-state index in [1.807, 2.05) is 0 Å². The van der Waals surface area contributed by atoms with Crippen LogP contribution in [0.1, 0.15) is 6.92 Å². The van der Waals surface area contributed by atoms with E-state index in [1.54, 1.807) is 0 Å². The van der Waals surface area contributed by atoms with E-state index in [2.05, 4.69) is 4.74 Å². The SMILES string of the molecule is COC1(C(=O)O)CN2C(=O)[C@H](C(C)OC(=O)OCC(Cl)(Cl)Cl)[C@H]2S1. The van der Waals surface area contributed by atoms with Gasteiger partial charge in [0, 0.05) is 7.11 Å². The fourth-order valence-corrected chi connectivity index (χ4v) is 4.22. The second-order valence-corrected chi connectivity index (χ2v) is 9.13. The Morgan fingerprint density at radius 1 is 1.50 bits per heavy atom. The van der Waals surface area contributed by atoms with Crippen molar-refractivity contribution in [1.82, 2.24) is 4.90 Å². The standard InChI is InChI=1S/C12H14Cl3NO7S/c1-5(23-10(20)22-4-12(13,14)15)6-7(17)16-3-11(21-2,9(18)19)24-8(6)16/h5-6,8H,3-4H2,1-2H3,(H,18,19)/t5?,6-,8+,11?/m0/s1. The first kappa shape index (κ1) is 19.7. The van der Waals surface area contributed by atoms with Crippen LogP contribution in [0.5, 0.6) is 0 Å². The maximum Gasteiger partial charge on any atom is 0.508 e. The van der Waals surface area contributed by atoms with Gasteiger partial charge < -0.3 is 24.2 Å². The van der Waals surface area contributed by atoms with Gasteiger partial charge in [-0.3, -0.25) is 4.79 Å². The number of carbonyl (C=O) groups is 3. The summed E-state index contributed by atoms with van der Waals surface area (Å²) in [4.78, 5) is 35.0. The lowest BCUT2D eigenvalue weighted by atomic mass is 9.92. The molecule has 12 heteroatoms. The molecule has 2 saturated heterocycles. The third-order valence-corrected chi connectivity index (χ3v) is 5.64. The minimum Gasteiger partial charge on any atom is -0.478 e. The first-order valence-corrected chi connectivity index (χ1v) is 8.69. The highest BCUT2D eigenvalue weighted by Crippen LogP contribution is 2.51. The molecule has 4 atom stereocenters. The lowest BCUT2D eigenvalue weighted by Gasteiger charge is -2.43. The summed E-state index contributed by atoms with van der Waals surface area (Å²) in [5.41, 5.74) is 0. The van der Waals surface area contributed by atoms with Crippen LogP contribution in [0.25, 0.3) is 0 Å². The van der Waals surface area contributed by atoms with E-state index in [9.17, 15) is 19.5 Å². The number of hydrogen-bond acceptors (Lipinski definition) is 7. The van der Waals surface area contributed by atoms with Crippen LogP contribution in [0.3, 0.4) is 0 Å². The average Bonchev–Trinajstić information content (AvgIpc) is 2.80. The fourth-order valence-electron chi connectivity index (χ4n) is 2.46. The Morgan fingerprint density at radius 2 is 2.12 bits per heavy atom. The van der Waals surface area contributed by atoms with E-state index in [1.165, 1.54) is 18.9 Å². The summed E-state index contributed by atoms with van der Waals surface area (Å²) in [6.07, 6.45) is -1.92. The van der Waals surface area contributed by atoms with Gasteiger partial charge in [-0.15, -0.1) is 0 Å². The third-order valence-electron chi connectivity index (χ3n) is 3.67. The lowest BCUT2D eigenvalue weighted by molar-refractivity contribution is -0.162. The summed E-state index contributed by atoms with van der Waals surface area (Å²) < 4.78 is 12.9. The van der Waals surface area contributed by atoms with E-state index < -0.39 is 44.9 Å². The number of thioether (sulfide) groups is 1. The van der Waals surface area contributed by atoms with Crippen molar-refractivity contribution in [3.05, 3.63) is 0 Å². The number of rotatable bonds is 5. The molecule has 0 radical (unpaired) electrons. The molecule has 0 aliphatic carbocycles. The summed E-state index contributed by atoms with van der Waals surface area (Å²) in [5, 5.41) is 8.84. The quantitative estimate of drug-likeness (QED) is 0.407. The highest BCUT2D eigenvalue weighted by Gasteiger charge is 2.64. The largest absolute Gasteiger partial charge is 0.508 e. The van der Waals surface area contributed by atoms with Crippen LogP contribution in [-0.4, -0.2) is 68.5 Å². The van der Waals surface area contributed by atoms with Gasteiger partial charge in [-0.1, -0.05) is 46.6 Å². The maximum absolute atomic E-state index is 12.2. The number of ether oxygens (including phenoxy) is 3. The lowest BCUT2D eigenvalue weighted by Crippen LogP contribution is -2.61. The molecule has 2 heterocycles. The molecule has 136 valence electrons. The van der Waals surface area contributed by atoms with Gasteiger partial charge >= 0.3 is 12.1 Å². The predicted octanol–water partition coefficient (Wildman–Crippen LogP) is 1.86. The monoisotopic (exact) mass is 421 g/mol. The molecule has 2 rings (SSSR count). The third kappa shape index (κ3) is 3.80. The second-order valence-electron chi connectivity index (χ2n) is 5.24. The van der Waals surface area contributed by atoms with Crippen molar-refractivity contribution in [2.24, 2.45) is 5.92 Å². The Bertz CT molecular complexity index is 557. The Kier molecular flexibility index (Phi) is 5.71. The molecule has 0 spiro atoms. The molecular formula is C12H14Cl3NO7S. The van der Waals surface area contributed by atoms with E-state index in [0.717, 1.165) is 11.8 Å². The number of aliphatic carboxylic acids is 1. The Balaban J connectivity index is 1.95. The zero-order valence-electron chi connectivity index (χ0n) is 12.5. The average molecular weight is 423 g/mol. The molecule has 0 aromatic rings. The molecule has 8 nitrogen and oxygen atoms in total. The van der Waals surface area contributed by atoms with E-state index >= 15 is 0 Å². The Labute approximate surface area is 156 Å². The Morgan fingerprint density at radius 3 is 2.62 bits per heavy atom. The molecule has 1 amide bonds. The topological polar surface area (TPSA) is 102 Å². The molecule has 24 heavy (non-hydrogen) atoms. The van der Waals surface area contributed by atoms with Crippen LogP contribution in [0.4, 0.5) is 4.79 Å². The normalized spacial score (nSPS) is 30.4. The smallest absolute Gasteiger partial charge is 0.478 e. The van der Waals surface area contributed by atoms with Crippen molar-refractivity contribution in [3.63, 3.8) is 0 Å². The summed E-state index contributed by atoms with van der Waals surface area (Å²) >= 11 is 17.3. The number of nitrogens with zero attached hydrogens (tertiary/aromatic N) is 1. The number of β-lactam (4-membered cyclic amide) rings is 1. The van der Waals surface area contributed by atoms with Crippen molar-refractivity contribution in [2.75, 3.05) is 20.3 Å². The van der Waals surface area contributed by atoms with Gasteiger partial charge in [-0.05, 0) is 6.92 Å². The maximum atomic E-state index is 12.2. The summed E-state index contributed by atoms with van der Waals surface area (Å²) in [6, 6.07) is 0. The zero-order chi connectivity index (χ0) is 18.3. The zero-order valence-corrected chi connectivity index (χ0v) is 15.6. The molecule has 2 fully saturated rings. The van der Waals surface area contributed by atoms with Crippen LogP contribution < -0.4 is 0 Å². The van der Waals surface area contributed by atoms with E-state index in [0.29, 0.717) is 0 Å². The number of carbonyl (C=O) groups excluding carboxylic acids is 2. The molecule has 0 saturated carbocycles. The number of fused-ring (bicyclic) bond motifs is 1. The molecular weight excluding hydrogens is 409 g/mol. The van der Waals surface area contributed by atoms with Crippen molar-refractivity contribution in [2.45, 2.75) is 27.1 Å². The van der Waals surface area contributed by atoms with Crippen LogP contribution in [0.2, 0.25) is 0 Å². The van der Waals surface area contributed by atoms with Gasteiger partial charge in [0.15, 0.2) is 0 Å². The van der Waals surface area contributed by atoms with Gasteiger partial charge in [0.05, 0.1) is 11.9 Å². The number of carboxylic acid groups (broad SMARTS) is 1. The first-order valence-electron chi connectivity index (χ1n) is 6.68. The summed E-state index contributed by atoms with van der Waals surface area (Å²) in [7, 11) is 1.26. The van der Waals surface area contributed by atoms with Crippen molar-refractivity contribution < 1.29 is 33.7 Å². The minimum absolute atomic E-state index is 0.0755. The number of alkyl halides is 3. The Hall–Kier alpha value is -0.610. The van der Waals surface area contributed by atoms with Crippen LogP contribution in [0, 0.1) is 5.92 Å². The van der Waals surface area contributed by atoms with E-state index in [4.69, 9.17) is 44.3 Å². The molecule has 2 aliphatic rings. The van der Waals surface area contributed by atoms with Gasteiger partial charge in [0.1, 0.15) is 18.6 Å². The molecule has 1 N–H and O–H groups in total. The minimum atomic E-state index is -1.77. The highest BCUT2D eigenvalue weighted by molar-refractivity contribution is 8.02. The van der Waals surface area contributed by atoms with Crippen molar-refractivity contribution >= 4 is 64.6 Å². The number of hydrogen-bond donors (Lipinski definition) is 1. The van der Waals surface area contributed by atoms with Crippen LogP contribution in [0.15, 0.2) is 0 Å². The summed E-state index contributed by atoms with van der Waals surface area (Å²) in [6.45, 7) is 0.927. The molecule has 2 aliphatic heterocycles. The highest BCUT2D eigenvalue weighted by atomic mass is 35.6. The summed E-state index contributed by atoms with van der Waals surface area (Å²) in [5.74, 6) is -2.20. The number of halogens is 3.